The molecule has 0 spiro atoms. The third-order valence-corrected chi connectivity index (χ3v) is 4.83. The van der Waals surface area contributed by atoms with Gasteiger partial charge in [-0.15, -0.1) is 11.3 Å². The predicted octanol–water partition coefficient (Wildman–Crippen LogP) is 6.05. The lowest BCUT2D eigenvalue weighted by Gasteiger charge is -2.12. The van der Waals surface area contributed by atoms with Crippen LogP contribution in [0.5, 0.6) is 0 Å². The first-order chi connectivity index (χ1) is 12.6. The Morgan fingerprint density at radius 3 is 2.62 bits per heavy atom. The largest absolute Gasteiger partial charge is 0.360 e. The standard InChI is InChI=1S/C21H18FN3S/c1-14(2)18-5-3-4-6-19(18)24-12-16(11-23)21-25-20(13-26-21)15-7-9-17(22)10-8-15/h3-10,12-14,24H,1-2H3. The maximum Gasteiger partial charge on any atom is 0.136 e. The van der Waals surface area contributed by atoms with Crippen molar-refractivity contribution in [1.29, 1.82) is 5.26 Å². The second kappa shape index (κ2) is 7.94. The summed E-state index contributed by atoms with van der Waals surface area (Å²) in [7, 11) is 0. The van der Waals surface area contributed by atoms with E-state index in [0.717, 1.165) is 16.9 Å². The zero-order chi connectivity index (χ0) is 18.5. The molecule has 0 aliphatic carbocycles. The van der Waals surface area contributed by atoms with E-state index in [-0.39, 0.29) is 5.82 Å². The molecule has 2 aromatic carbocycles. The molecule has 130 valence electrons. The van der Waals surface area contributed by atoms with Gasteiger partial charge in [-0.05, 0) is 41.8 Å². The van der Waals surface area contributed by atoms with Crippen molar-refractivity contribution in [3.8, 4) is 17.3 Å². The molecule has 0 fully saturated rings. The van der Waals surface area contributed by atoms with Crippen molar-refractivity contribution in [3.05, 3.63) is 76.5 Å². The van der Waals surface area contributed by atoms with Crippen LogP contribution >= 0.6 is 11.3 Å². The molecule has 3 nitrogen and oxygen atoms in total. The maximum absolute atomic E-state index is 13.1. The number of anilines is 1. The van der Waals surface area contributed by atoms with E-state index in [4.69, 9.17) is 0 Å². The first kappa shape index (κ1) is 17.8. The van der Waals surface area contributed by atoms with Crippen LogP contribution in [0.4, 0.5) is 10.1 Å². The zero-order valence-corrected chi connectivity index (χ0v) is 15.3. The average molecular weight is 363 g/mol. The Balaban J connectivity index is 1.85. The van der Waals surface area contributed by atoms with E-state index in [2.05, 4.69) is 36.3 Å². The molecular formula is C21H18FN3S. The minimum absolute atomic E-state index is 0.283. The van der Waals surface area contributed by atoms with Gasteiger partial charge in [-0.25, -0.2) is 9.37 Å². The van der Waals surface area contributed by atoms with Crippen molar-refractivity contribution >= 4 is 22.6 Å². The maximum atomic E-state index is 13.1. The van der Waals surface area contributed by atoms with E-state index in [0.29, 0.717) is 16.5 Å². The van der Waals surface area contributed by atoms with E-state index < -0.39 is 0 Å². The van der Waals surface area contributed by atoms with Crippen LogP contribution < -0.4 is 5.32 Å². The van der Waals surface area contributed by atoms with Crippen LogP contribution in [0.25, 0.3) is 16.8 Å². The van der Waals surface area contributed by atoms with Crippen molar-refractivity contribution in [2.45, 2.75) is 19.8 Å². The molecule has 1 N–H and O–H groups in total. The van der Waals surface area contributed by atoms with Gasteiger partial charge in [-0.3, -0.25) is 0 Å². The summed E-state index contributed by atoms with van der Waals surface area (Å²) in [6.07, 6.45) is 1.69. The lowest BCUT2D eigenvalue weighted by molar-refractivity contribution is 0.628. The molecule has 0 bridgehead atoms. The van der Waals surface area contributed by atoms with E-state index in [1.165, 1.54) is 29.0 Å². The number of nitriles is 1. The van der Waals surface area contributed by atoms with Gasteiger partial charge in [-0.2, -0.15) is 5.26 Å². The van der Waals surface area contributed by atoms with Crippen molar-refractivity contribution in [1.82, 2.24) is 4.98 Å². The highest BCUT2D eigenvalue weighted by atomic mass is 32.1. The number of thiazole rings is 1. The van der Waals surface area contributed by atoms with Crippen molar-refractivity contribution in [2.75, 3.05) is 5.32 Å². The molecule has 0 aliphatic rings. The van der Waals surface area contributed by atoms with Gasteiger partial charge in [0.05, 0.1) is 5.69 Å². The van der Waals surface area contributed by atoms with Crippen LogP contribution in [-0.4, -0.2) is 4.98 Å². The van der Waals surface area contributed by atoms with Crippen molar-refractivity contribution in [2.24, 2.45) is 0 Å². The number of hydrogen-bond acceptors (Lipinski definition) is 4. The molecule has 26 heavy (non-hydrogen) atoms. The SMILES string of the molecule is CC(C)c1ccccc1NC=C(C#N)c1nc(-c2ccc(F)cc2)cs1. The number of halogens is 1. The molecule has 0 aliphatic heterocycles. The van der Waals surface area contributed by atoms with E-state index >= 15 is 0 Å². The van der Waals surface area contributed by atoms with Crippen LogP contribution in [0.3, 0.4) is 0 Å². The molecule has 0 saturated heterocycles. The molecule has 0 saturated carbocycles. The van der Waals surface area contributed by atoms with Gasteiger partial charge < -0.3 is 5.32 Å². The summed E-state index contributed by atoms with van der Waals surface area (Å²) in [5.41, 5.74) is 4.18. The summed E-state index contributed by atoms with van der Waals surface area (Å²) in [5.74, 6) is 0.0948. The van der Waals surface area contributed by atoms with Crippen molar-refractivity contribution in [3.63, 3.8) is 0 Å². The third-order valence-electron chi connectivity index (χ3n) is 3.95. The average Bonchev–Trinajstić information content (AvgIpc) is 3.13. The third kappa shape index (κ3) is 3.98. The number of nitrogens with zero attached hydrogens (tertiary/aromatic N) is 2. The Morgan fingerprint density at radius 2 is 1.92 bits per heavy atom. The quantitative estimate of drug-likeness (QED) is 0.561. The number of benzene rings is 2. The molecule has 0 unspecified atom stereocenters. The van der Waals surface area contributed by atoms with Crippen LogP contribution in [-0.2, 0) is 0 Å². The summed E-state index contributed by atoms with van der Waals surface area (Å²) < 4.78 is 13.1. The summed E-state index contributed by atoms with van der Waals surface area (Å²) in [6.45, 7) is 4.26. The van der Waals surface area contributed by atoms with Gasteiger partial charge >= 0.3 is 0 Å². The van der Waals surface area contributed by atoms with Gasteiger partial charge in [0.15, 0.2) is 0 Å². The summed E-state index contributed by atoms with van der Waals surface area (Å²) in [6, 6.07) is 16.4. The smallest absolute Gasteiger partial charge is 0.136 e. The zero-order valence-electron chi connectivity index (χ0n) is 14.5. The normalized spacial score (nSPS) is 11.4. The Kier molecular flexibility index (Phi) is 5.45. The van der Waals surface area contributed by atoms with Gasteiger partial charge in [0, 0.05) is 22.8 Å². The number of hydrogen-bond donors (Lipinski definition) is 1. The Bertz CT molecular complexity index is 965. The second-order valence-corrected chi connectivity index (χ2v) is 6.96. The van der Waals surface area contributed by atoms with Crippen LogP contribution in [0.2, 0.25) is 0 Å². The molecule has 0 radical (unpaired) electrons. The van der Waals surface area contributed by atoms with E-state index in [9.17, 15) is 9.65 Å². The summed E-state index contributed by atoms with van der Waals surface area (Å²) in [4.78, 5) is 4.52. The molecule has 3 aromatic rings. The van der Waals surface area contributed by atoms with Gasteiger partial charge in [0.2, 0.25) is 0 Å². The van der Waals surface area contributed by atoms with Crippen LogP contribution in [0.1, 0.15) is 30.3 Å². The Morgan fingerprint density at radius 1 is 1.19 bits per heavy atom. The lowest BCUT2D eigenvalue weighted by Crippen LogP contribution is -1.97. The number of allylic oxidation sites excluding steroid dienone is 1. The summed E-state index contributed by atoms with van der Waals surface area (Å²) in [5, 5.41) is 15.2. The summed E-state index contributed by atoms with van der Waals surface area (Å²) >= 11 is 1.39. The Hall–Kier alpha value is -2.97. The first-order valence-electron chi connectivity index (χ1n) is 8.26. The molecular weight excluding hydrogens is 345 g/mol. The number of para-hydroxylation sites is 1. The molecule has 1 heterocycles. The number of rotatable bonds is 5. The van der Waals surface area contributed by atoms with Gasteiger partial charge in [-0.1, -0.05) is 32.0 Å². The number of nitrogens with one attached hydrogen (secondary N) is 1. The highest BCUT2D eigenvalue weighted by Gasteiger charge is 2.10. The molecule has 3 rings (SSSR count). The molecule has 1 aromatic heterocycles. The fourth-order valence-electron chi connectivity index (χ4n) is 2.57. The van der Waals surface area contributed by atoms with Crippen molar-refractivity contribution < 1.29 is 4.39 Å². The highest BCUT2D eigenvalue weighted by Crippen LogP contribution is 2.27. The first-order valence-corrected chi connectivity index (χ1v) is 9.14. The lowest BCUT2D eigenvalue weighted by atomic mass is 10.0. The predicted molar refractivity (Wildman–Crippen MR) is 105 cm³/mol. The topological polar surface area (TPSA) is 48.7 Å². The fraction of sp³-hybridized carbons (Fsp3) is 0.143. The van der Waals surface area contributed by atoms with Gasteiger partial charge in [0.25, 0.3) is 0 Å². The highest BCUT2D eigenvalue weighted by molar-refractivity contribution is 7.11. The minimum Gasteiger partial charge on any atom is -0.360 e. The van der Waals surface area contributed by atoms with Crippen LogP contribution in [0, 0.1) is 17.1 Å². The molecule has 5 heteroatoms. The molecule has 0 amide bonds. The number of aromatic nitrogens is 1. The van der Waals surface area contributed by atoms with E-state index in [1.807, 2.05) is 23.6 Å². The Labute approximate surface area is 156 Å². The van der Waals surface area contributed by atoms with Gasteiger partial charge in [0.1, 0.15) is 22.5 Å². The molecule has 0 atom stereocenters. The second-order valence-electron chi connectivity index (χ2n) is 6.10. The van der Waals surface area contributed by atoms with Crippen LogP contribution in [0.15, 0.2) is 60.1 Å². The monoisotopic (exact) mass is 363 g/mol. The fourth-order valence-corrected chi connectivity index (χ4v) is 3.37. The van der Waals surface area contributed by atoms with E-state index in [1.54, 1.807) is 18.3 Å². The minimum atomic E-state index is -0.283.